The molecule has 1 aliphatic heterocycles. The summed E-state index contributed by atoms with van der Waals surface area (Å²) in [4.78, 5) is 14.0. The molecular weight excluding hydrogens is 258 g/mol. The van der Waals surface area contributed by atoms with Gasteiger partial charge in [0.15, 0.2) is 0 Å². The topological polar surface area (TPSA) is 97.3 Å². The van der Waals surface area contributed by atoms with Gasteiger partial charge in [-0.2, -0.15) is 0 Å². The third-order valence-electron chi connectivity index (χ3n) is 3.75. The van der Waals surface area contributed by atoms with E-state index in [1.807, 2.05) is 0 Å². The van der Waals surface area contributed by atoms with Crippen LogP contribution in [0.1, 0.15) is 38.0 Å². The van der Waals surface area contributed by atoms with Gasteiger partial charge in [-0.05, 0) is 25.2 Å². The van der Waals surface area contributed by atoms with E-state index in [4.69, 9.17) is 10.2 Å². The van der Waals surface area contributed by atoms with E-state index in [1.165, 1.54) is 0 Å². The highest BCUT2D eigenvalue weighted by atomic mass is 16.4. The van der Waals surface area contributed by atoms with Gasteiger partial charge in [0.05, 0.1) is 6.54 Å². The molecule has 2 fully saturated rings. The number of piperidine rings is 1. The molecule has 3 N–H and O–H groups in total. The molecule has 1 saturated carbocycles. The van der Waals surface area contributed by atoms with Crippen LogP contribution in [0.25, 0.3) is 0 Å². The molecule has 110 valence electrons. The number of carbonyl (C=O) groups is 1. The van der Waals surface area contributed by atoms with E-state index < -0.39 is 0 Å². The zero-order valence-corrected chi connectivity index (χ0v) is 11.7. The molecule has 0 aromatic carbocycles. The van der Waals surface area contributed by atoms with Crippen LogP contribution in [-0.4, -0.2) is 46.7 Å². The monoisotopic (exact) mass is 279 g/mol. The van der Waals surface area contributed by atoms with Gasteiger partial charge in [0.2, 0.25) is 11.8 Å². The highest BCUT2D eigenvalue weighted by Gasteiger charge is 2.30. The maximum absolute atomic E-state index is 12.0. The van der Waals surface area contributed by atoms with E-state index in [-0.39, 0.29) is 18.0 Å². The van der Waals surface area contributed by atoms with Gasteiger partial charge in [-0.15, -0.1) is 5.10 Å². The van der Waals surface area contributed by atoms with Crippen LogP contribution in [0.4, 0.5) is 6.01 Å². The second-order valence-electron chi connectivity index (χ2n) is 6.06. The Bertz CT molecular complexity index is 475. The zero-order chi connectivity index (χ0) is 14.1. The van der Waals surface area contributed by atoms with Crippen molar-refractivity contribution >= 4 is 11.9 Å². The molecule has 1 aromatic rings. The van der Waals surface area contributed by atoms with Gasteiger partial charge in [-0.1, -0.05) is 12.0 Å². The largest absolute Gasteiger partial charge is 0.408 e. The van der Waals surface area contributed by atoms with E-state index in [9.17, 15) is 4.79 Å². The number of hydrogen-bond donors (Lipinski definition) is 2. The maximum Gasteiger partial charge on any atom is 0.322 e. The first-order chi connectivity index (χ1) is 9.60. The number of rotatable bonds is 4. The van der Waals surface area contributed by atoms with Crippen molar-refractivity contribution in [3.63, 3.8) is 0 Å². The normalized spacial score (nSPS) is 27.5. The minimum atomic E-state index is -0.128. The fourth-order valence-corrected chi connectivity index (χ4v) is 2.78. The van der Waals surface area contributed by atoms with E-state index >= 15 is 0 Å². The molecule has 2 unspecified atom stereocenters. The summed E-state index contributed by atoms with van der Waals surface area (Å²) < 4.78 is 5.41. The molecule has 2 aliphatic rings. The van der Waals surface area contributed by atoms with E-state index in [2.05, 4.69) is 27.3 Å². The van der Waals surface area contributed by atoms with Crippen molar-refractivity contribution in [1.29, 1.82) is 0 Å². The number of nitrogens with two attached hydrogens (primary N) is 1. The molecule has 0 radical (unpaired) electrons. The second-order valence-corrected chi connectivity index (χ2v) is 6.06. The molecule has 0 bridgehead atoms. The Labute approximate surface area is 117 Å². The summed E-state index contributed by atoms with van der Waals surface area (Å²) in [5, 5.41) is 10.4. The number of hydrogen-bond acceptors (Lipinski definition) is 6. The van der Waals surface area contributed by atoms with Gasteiger partial charge >= 0.3 is 6.01 Å². The lowest BCUT2D eigenvalue weighted by atomic mass is 9.97. The van der Waals surface area contributed by atoms with Crippen LogP contribution in [0, 0.1) is 5.92 Å². The fourth-order valence-electron chi connectivity index (χ4n) is 2.78. The molecule has 1 aromatic heterocycles. The number of aromatic nitrogens is 2. The fraction of sp³-hybridized carbons (Fsp3) is 0.769. The average molecular weight is 279 g/mol. The number of carbonyl (C=O) groups excluding carboxylic acids is 1. The molecule has 2 atom stereocenters. The Morgan fingerprint density at radius 3 is 2.95 bits per heavy atom. The number of anilines is 1. The van der Waals surface area contributed by atoms with Crippen LogP contribution in [-0.2, 0) is 4.79 Å². The standard InChI is InChI=1S/C13H21N5O2/c1-8-4-10(14)6-18(5-8)7-11(19)15-13-17-16-12(20-13)9-2-3-9/h8-10H,2-7,14H2,1H3,(H,15,17,19). The first-order valence-corrected chi connectivity index (χ1v) is 7.21. The molecule has 7 nitrogen and oxygen atoms in total. The summed E-state index contributed by atoms with van der Waals surface area (Å²) in [6.45, 7) is 4.14. The molecule has 1 saturated heterocycles. The number of likely N-dealkylation sites (tertiary alicyclic amines) is 1. The van der Waals surface area contributed by atoms with Crippen LogP contribution < -0.4 is 11.1 Å². The summed E-state index contributed by atoms with van der Waals surface area (Å²) in [6.07, 6.45) is 3.21. The zero-order valence-electron chi connectivity index (χ0n) is 11.7. The lowest BCUT2D eigenvalue weighted by Gasteiger charge is -2.34. The van der Waals surface area contributed by atoms with Gasteiger partial charge in [0.25, 0.3) is 0 Å². The number of nitrogens with zero attached hydrogens (tertiary/aromatic N) is 3. The molecule has 7 heteroatoms. The van der Waals surface area contributed by atoms with E-state index in [0.29, 0.717) is 24.3 Å². The second kappa shape index (κ2) is 5.49. The molecule has 1 amide bonds. The molecule has 20 heavy (non-hydrogen) atoms. The van der Waals surface area contributed by atoms with Gasteiger partial charge < -0.3 is 10.2 Å². The number of amides is 1. The van der Waals surface area contributed by atoms with Crippen LogP contribution in [0.3, 0.4) is 0 Å². The maximum atomic E-state index is 12.0. The predicted octanol–water partition coefficient (Wildman–Crippen LogP) is 0.555. The Kier molecular flexibility index (Phi) is 3.71. The van der Waals surface area contributed by atoms with Crippen LogP contribution >= 0.6 is 0 Å². The highest BCUT2D eigenvalue weighted by molar-refractivity contribution is 5.90. The third-order valence-corrected chi connectivity index (χ3v) is 3.75. The molecule has 3 rings (SSSR count). The minimum Gasteiger partial charge on any atom is -0.408 e. The van der Waals surface area contributed by atoms with Crippen molar-refractivity contribution in [2.75, 3.05) is 25.0 Å². The summed E-state index contributed by atoms with van der Waals surface area (Å²) in [5.74, 6) is 1.43. The Balaban J connectivity index is 1.50. The van der Waals surface area contributed by atoms with Crippen molar-refractivity contribution in [3.8, 4) is 0 Å². The molecule has 1 aliphatic carbocycles. The van der Waals surface area contributed by atoms with E-state index in [0.717, 1.165) is 32.4 Å². The lowest BCUT2D eigenvalue weighted by Crippen LogP contribution is -2.48. The summed E-state index contributed by atoms with van der Waals surface area (Å²) >= 11 is 0. The third kappa shape index (κ3) is 3.34. The summed E-state index contributed by atoms with van der Waals surface area (Å²) in [5.41, 5.74) is 5.97. The minimum absolute atomic E-state index is 0.128. The molecule has 0 spiro atoms. The quantitative estimate of drug-likeness (QED) is 0.835. The first kappa shape index (κ1) is 13.5. The van der Waals surface area contributed by atoms with Crippen molar-refractivity contribution in [2.24, 2.45) is 11.7 Å². The first-order valence-electron chi connectivity index (χ1n) is 7.21. The van der Waals surface area contributed by atoms with E-state index in [1.54, 1.807) is 0 Å². The van der Waals surface area contributed by atoms with Crippen LogP contribution in [0.5, 0.6) is 0 Å². The number of nitrogens with one attached hydrogen (secondary N) is 1. The SMILES string of the molecule is CC1CC(N)CN(CC(=O)Nc2nnc(C3CC3)o2)C1. The van der Waals surface area contributed by atoms with Crippen molar-refractivity contribution in [1.82, 2.24) is 15.1 Å². The van der Waals surface area contributed by atoms with Gasteiger partial charge in [-0.3, -0.25) is 15.0 Å². The molecular formula is C13H21N5O2. The summed E-state index contributed by atoms with van der Waals surface area (Å²) in [6, 6.07) is 0.350. The molecule has 2 heterocycles. The van der Waals surface area contributed by atoms with Crippen molar-refractivity contribution < 1.29 is 9.21 Å². The highest BCUT2D eigenvalue weighted by Crippen LogP contribution is 2.39. The van der Waals surface area contributed by atoms with Gasteiger partial charge in [0, 0.05) is 25.0 Å². The van der Waals surface area contributed by atoms with Crippen LogP contribution in [0.15, 0.2) is 4.42 Å². The van der Waals surface area contributed by atoms with Crippen molar-refractivity contribution in [3.05, 3.63) is 5.89 Å². The Morgan fingerprint density at radius 2 is 2.25 bits per heavy atom. The van der Waals surface area contributed by atoms with Crippen LogP contribution in [0.2, 0.25) is 0 Å². The Hall–Kier alpha value is -1.47. The summed E-state index contributed by atoms with van der Waals surface area (Å²) in [7, 11) is 0. The Morgan fingerprint density at radius 1 is 1.45 bits per heavy atom. The van der Waals surface area contributed by atoms with Gasteiger partial charge in [0.1, 0.15) is 0 Å². The lowest BCUT2D eigenvalue weighted by molar-refractivity contribution is -0.117. The van der Waals surface area contributed by atoms with Gasteiger partial charge in [-0.25, -0.2) is 0 Å². The van der Waals surface area contributed by atoms with Crippen molar-refractivity contribution in [2.45, 2.75) is 38.1 Å². The average Bonchev–Trinajstić information content (AvgIpc) is 3.09. The predicted molar refractivity (Wildman–Crippen MR) is 73.1 cm³/mol. The smallest absolute Gasteiger partial charge is 0.322 e.